The minimum atomic E-state index is -3.45. The Morgan fingerprint density at radius 1 is 1.16 bits per heavy atom. The number of benzene rings is 2. The lowest BCUT2D eigenvalue weighted by molar-refractivity contribution is 0.0772. The number of aromatic nitrogens is 2. The van der Waals surface area contributed by atoms with Crippen molar-refractivity contribution in [1.29, 1.82) is 0 Å². The Labute approximate surface area is 264 Å². The number of rotatable bonds is 11. The minimum Gasteiger partial charge on any atom is -0.462 e. The van der Waals surface area contributed by atoms with Gasteiger partial charge in [-0.3, -0.25) is 4.90 Å². The first kappa shape index (κ1) is 31.0. The zero-order chi connectivity index (χ0) is 30.8. The lowest BCUT2D eigenvalue weighted by atomic mass is 10.0. The molecule has 1 atom stereocenters. The van der Waals surface area contributed by atoms with Gasteiger partial charge in [0.25, 0.3) is 0 Å². The van der Waals surface area contributed by atoms with E-state index < -0.39 is 16.0 Å². The number of hydrogen-bond acceptors (Lipinski definition) is 9. The van der Waals surface area contributed by atoms with E-state index in [1.54, 1.807) is 6.08 Å². The number of likely N-dealkylation sites (N-methyl/N-ethyl adjacent to an activating group) is 1. The maximum Gasteiger partial charge on any atom is 0.318 e. The maximum absolute atomic E-state index is 13.1. The number of fused-ring (bicyclic) bond motifs is 2. The van der Waals surface area contributed by atoms with Crippen molar-refractivity contribution in [2.24, 2.45) is 0 Å². The number of alkyl halides is 1. The van der Waals surface area contributed by atoms with Crippen LogP contribution in [0.25, 0.3) is 10.8 Å². The fourth-order valence-electron chi connectivity index (χ4n) is 6.31. The number of hydrogen-bond donors (Lipinski definition) is 0. The third-order valence-electron chi connectivity index (χ3n) is 8.92. The third kappa shape index (κ3) is 6.96. The van der Waals surface area contributed by atoms with E-state index in [1.165, 1.54) is 5.41 Å². The van der Waals surface area contributed by atoms with E-state index in [-0.39, 0.29) is 12.3 Å². The normalized spacial score (nSPS) is 19.9. The van der Waals surface area contributed by atoms with Crippen molar-refractivity contribution in [2.45, 2.75) is 38.0 Å². The minimum absolute atomic E-state index is 0.0613. The van der Waals surface area contributed by atoms with Crippen molar-refractivity contribution in [3.8, 4) is 6.01 Å². The summed E-state index contributed by atoms with van der Waals surface area (Å²) in [6.07, 6.45) is 3.70. The summed E-state index contributed by atoms with van der Waals surface area (Å²) < 4.78 is 44.9. The Kier molecular flexibility index (Phi) is 9.28. The molecule has 3 aliphatic rings. The van der Waals surface area contributed by atoms with Gasteiger partial charge in [-0.1, -0.05) is 41.9 Å². The summed E-state index contributed by atoms with van der Waals surface area (Å²) in [7, 11) is 0.528. The monoisotopic (exact) mass is 642 g/mol. The van der Waals surface area contributed by atoms with Gasteiger partial charge in [-0.2, -0.15) is 9.97 Å². The third-order valence-corrected chi connectivity index (χ3v) is 10.6. The number of halogens is 2. The number of sulfone groups is 1. The van der Waals surface area contributed by atoms with Gasteiger partial charge in [-0.25, -0.2) is 12.8 Å². The number of likely N-dealkylation sites (tertiary alicyclic amines) is 2. The molecule has 2 fully saturated rings. The van der Waals surface area contributed by atoms with Gasteiger partial charge in [0.2, 0.25) is 0 Å². The first-order chi connectivity index (χ1) is 21.2. The summed E-state index contributed by atoms with van der Waals surface area (Å²) in [5.41, 5.74) is 2.93. The quantitative estimate of drug-likeness (QED) is 0.303. The lowest BCUT2D eigenvalue weighted by Gasteiger charge is -2.33. The molecule has 44 heavy (non-hydrogen) atoms. The molecule has 0 radical (unpaired) electrons. The number of nitrogens with zero attached hydrogens (tertiary/aromatic N) is 6. The van der Waals surface area contributed by atoms with Crippen molar-refractivity contribution >= 4 is 43.7 Å². The van der Waals surface area contributed by atoms with Crippen LogP contribution in [0.1, 0.15) is 24.1 Å². The first-order valence-electron chi connectivity index (χ1n) is 15.3. The van der Waals surface area contributed by atoms with Gasteiger partial charge in [-0.05, 0) is 50.4 Å². The predicted octanol–water partition coefficient (Wildman–Crippen LogP) is 4.34. The summed E-state index contributed by atoms with van der Waals surface area (Å²) in [6.45, 7) is 4.26. The van der Waals surface area contributed by atoms with Crippen molar-refractivity contribution in [1.82, 2.24) is 19.8 Å². The van der Waals surface area contributed by atoms with Crippen molar-refractivity contribution in [2.75, 3.05) is 75.5 Å². The van der Waals surface area contributed by atoms with Gasteiger partial charge in [-0.15, -0.1) is 0 Å². The van der Waals surface area contributed by atoms with Crippen molar-refractivity contribution < 1.29 is 17.5 Å². The number of ether oxygens (including phenoxy) is 1. The van der Waals surface area contributed by atoms with Crippen LogP contribution in [-0.4, -0.2) is 106 Å². The highest BCUT2D eigenvalue weighted by molar-refractivity contribution is 7.94. The molecule has 1 aromatic heterocycles. The molecule has 0 spiro atoms. The van der Waals surface area contributed by atoms with E-state index in [0.717, 1.165) is 53.6 Å². The fourth-order valence-corrected chi connectivity index (χ4v) is 7.63. The number of anilines is 2. The standard InChI is InChI=1S/C32H40ClFN6O3S/c1-37-13-5-9-25(37)22-43-32-35-28-21-40(29-11-4-8-23-7-3-10-27(33)30(23)29)15-12-26(28)31(36-32)38(2)16-18-44(41,42)17-6-14-39-19-24(34)20-39/h3-4,6-8,10-11,17,24-25H,5,9,12-16,18-22H2,1-2H3/b17-6+/t25-/m0/s1. The Balaban J connectivity index is 1.23. The molecule has 0 amide bonds. The molecule has 4 heterocycles. The zero-order valence-electron chi connectivity index (χ0n) is 25.3. The average Bonchev–Trinajstić information content (AvgIpc) is 3.41. The van der Waals surface area contributed by atoms with Gasteiger partial charge in [0.05, 0.1) is 23.0 Å². The molecule has 12 heteroatoms. The summed E-state index contributed by atoms with van der Waals surface area (Å²) in [5.74, 6) is 0.642. The van der Waals surface area contributed by atoms with Crippen LogP contribution in [0, 0.1) is 0 Å². The predicted molar refractivity (Wildman–Crippen MR) is 174 cm³/mol. The second-order valence-corrected chi connectivity index (χ2v) is 14.5. The first-order valence-corrected chi connectivity index (χ1v) is 17.4. The summed E-state index contributed by atoms with van der Waals surface area (Å²) in [5, 5.41) is 4.06. The molecule has 3 aliphatic heterocycles. The molecule has 6 rings (SSSR count). The average molecular weight is 643 g/mol. The second-order valence-electron chi connectivity index (χ2n) is 12.1. The van der Waals surface area contributed by atoms with Crippen LogP contribution in [0.2, 0.25) is 5.02 Å². The highest BCUT2D eigenvalue weighted by Crippen LogP contribution is 2.36. The van der Waals surface area contributed by atoms with Crippen LogP contribution < -0.4 is 14.5 Å². The molecule has 3 aromatic rings. The molecule has 0 N–H and O–H groups in total. The Morgan fingerprint density at radius 3 is 2.70 bits per heavy atom. The fraction of sp³-hybridized carbons (Fsp3) is 0.500. The van der Waals surface area contributed by atoms with Crippen LogP contribution in [0.5, 0.6) is 6.01 Å². The molecule has 9 nitrogen and oxygen atoms in total. The molecular weight excluding hydrogens is 603 g/mol. The molecule has 2 aromatic carbocycles. The van der Waals surface area contributed by atoms with Gasteiger partial charge in [0.15, 0.2) is 9.84 Å². The second kappa shape index (κ2) is 13.2. The van der Waals surface area contributed by atoms with E-state index in [4.69, 9.17) is 26.3 Å². The van der Waals surface area contributed by atoms with Crippen LogP contribution in [0.4, 0.5) is 15.9 Å². The molecule has 236 valence electrons. The van der Waals surface area contributed by atoms with E-state index in [1.807, 2.05) is 35.0 Å². The summed E-state index contributed by atoms with van der Waals surface area (Å²) in [6, 6.07) is 12.8. The molecule has 0 unspecified atom stereocenters. The summed E-state index contributed by atoms with van der Waals surface area (Å²) >= 11 is 6.67. The van der Waals surface area contributed by atoms with E-state index in [2.05, 4.69) is 35.0 Å². The highest BCUT2D eigenvalue weighted by atomic mass is 35.5. The molecule has 2 saturated heterocycles. The van der Waals surface area contributed by atoms with Crippen LogP contribution in [0.15, 0.2) is 47.9 Å². The van der Waals surface area contributed by atoms with E-state index >= 15 is 0 Å². The SMILES string of the molecule is CN(CCS(=O)(=O)/C=C/CN1CC(F)C1)c1nc(OC[C@@H]2CCCN2C)nc2c1CCN(c1cccc3cccc(Cl)c13)C2. The topological polar surface area (TPSA) is 82.1 Å². The maximum atomic E-state index is 13.1. The van der Waals surface area contributed by atoms with Crippen LogP contribution in [-0.2, 0) is 22.8 Å². The zero-order valence-corrected chi connectivity index (χ0v) is 26.9. The van der Waals surface area contributed by atoms with E-state index in [9.17, 15) is 12.8 Å². The van der Waals surface area contributed by atoms with Crippen LogP contribution in [0.3, 0.4) is 0 Å². The highest BCUT2D eigenvalue weighted by Gasteiger charge is 2.28. The largest absolute Gasteiger partial charge is 0.462 e. The van der Waals surface area contributed by atoms with E-state index in [0.29, 0.717) is 62.1 Å². The molecule has 0 bridgehead atoms. The van der Waals surface area contributed by atoms with Gasteiger partial charge < -0.3 is 19.4 Å². The van der Waals surface area contributed by atoms with Gasteiger partial charge >= 0.3 is 6.01 Å². The lowest BCUT2D eigenvalue weighted by Crippen LogP contribution is -2.48. The molecule has 0 aliphatic carbocycles. The van der Waals surface area contributed by atoms with Crippen LogP contribution >= 0.6 is 11.6 Å². The van der Waals surface area contributed by atoms with Crippen molar-refractivity contribution in [3.05, 3.63) is 64.2 Å². The summed E-state index contributed by atoms with van der Waals surface area (Å²) in [4.78, 5) is 18.1. The Morgan fingerprint density at radius 2 is 1.95 bits per heavy atom. The smallest absolute Gasteiger partial charge is 0.318 e. The molecule has 0 saturated carbocycles. The Bertz CT molecular complexity index is 1630. The van der Waals surface area contributed by atoms with Gasteiger partial charge in [0.1, 0.15) is 18.6 Å². The van der Waals surface area contributed by atoms with Crippen molar-refractivity contribution in [3.63, 3.8) is 0 Å². The van der Waals surface area contributed by atoms with Gasteiger partial charge in [0, 0.05) is 67.9 Å². The molecular formula is C32H40ClFN6O3S. The Hall–Kier alpha value is -2.99.